The van der Waals surface area contributed by atoms with Crippen molar-refractivity contribution in [1.29, 1.82) is 0 Å². The number of anilines is 1. The van der Waals surface area contributed by atoms with E-state index in [1.807, 2.05) is 6.07 Å². The van der Waals surface area contributed by atoms with Crippen LogP contribution in [0.5, 0.6) is 0 Å². The smallest absolute Gasteiger partial charge is 0.271 e. The highest BCUT2D eigenvalue weighted by molar-refractivity contribution is 5.51. The van der Waals surface area contributed by atoms with E-state index in [1.165, 1.54) is 18.9 Å². The number of benzene rings is 1. The van der Waals surface area contributed by atoms with E-state index < -0.39 is 0 Å². The largest absolute Gasteiger partial charge is 0.382 e. The van der Waals surface area contributed by atoms with Crippen molar-refractivity contribution in [3.8, 4) is 0 Å². The molecule has 1 atom stereocenters. The molecule has 0 aliphatic heterocycles. The number of hydrogen-bond acceptors (Lipinski definition) is 3. The van der Waals surface area contributed by atoms with Crippen molar-refractivity contribution in [2.75, 3.05) is 5.32 Å². The summed E-state index contributed by atoms with van der Waals surface area (Å²) in [5.41, 5.74) is 0.954. The van der Waals surface area contributed by atoms with Gasteiger partial charge < -0.3 is 5.32 Å². The van der Waals surface area contributed by atoms with Crippen molar-refractivity contribution in [2.45, 2.75) is 46.1 Å². The molecule has 0 radical (unpaired) electrons. The molecule has 0 aromatic heterocycles. The summed E-state index contributed by atoms with van der Waals surface area (Å²) in [5.74, 6) is 0.731. The Hall–Kier alpha value is -1.58. The van der Waals surface area contributed by atoms with Gasteiger partial charge in [0.05, 0.1) is 4.92 Å². The van der Waals surface area contributed by atoms with Crippen LogP contribution in [0.3, 0.4) is 0 Å². The molecule has 18 heavy (non-hydrogen) atoms. The minimum absolute atomic E-state index is 0.134. The van der Waals surface area contributed by atoms with E-state index >= 15 is 0 Å². The van der Waals surface area contributed by atoms with Gasteiger partial charge in [0.25, 0.3) is 5.69 Å². The predicted molar refractivity (Wildman–Crippen MR) is 74.9 cm³/mol. The Morgan fingerprint density at radius 2 is 2.00 bits per heavy atom. The van der Waals surface area contributed by atoms with Gasteiger partial charge in [-0.1, -0.05) is 32.8 Å². The molecule has 100 valence electrons. The normalized spacial score (nSPS) is 12.4. The van der Waals surface area contributed by atoms with Crippen LogP contribution >= 0.6 is 0 Å². The van der Waals surface area contributed by atoms with Crippen molar-refractivity contribution >= 4 is 11.4 Å². The fourth-order valence-corrected chi connectivity index (χ4v) is 1.90. The summed E-state index contributed by atoms with van der Waals surface area (Å²) in [6, 6.07) is 7.01. The quantitative estimate of drug-likeness (QED) is 0.582. The number of non-ortho nitro benzene ring substituents is 1. The molecular weight excluding hydrogens is 228 g/mol. The first-order chi connectivity index (χ1) is 8.49. The first-order valence-electron chi connectivity index (χ1n) is 6.50. The van der Waals surface area contributed by atoms with E-state index in [9.17, 15) is 10.1 Å². The molecule has 1 N–H and O–H groups in total. The molecule has 0 saturated heterocycles. The summed E-state index contributed by atoms with van der Waals surface area (Å²) in [6.45, 7) is 6.55. The highest BCUT2D eigenvalue weighted by atomic mass is 16.6. The van der Waals surface area contributed by atoms with Crippen LogP contribution in [0.2, 0.25) is 0 Å². The van der Waals surface area contributed by atoms with Gasteiger partial charge in [0.15, 0.2) is 0 Å². The number of nitro benzene ring substituents is 1. The molecule has 0 amide bonds. The van der Waals surface area contributed by atoms with Crippen molar-refractivity contribution in [1.82, 2.24) is 0 Å². The van der Waals surface area contributed by atoms with E-state index in [4.69, 9.17) is 0 Å². The zero-order valence-electron chi connectivity index (χ0n) is 11.3. The first kappa shape index (κ1) is 14.5. The SMILES string of the molecule is CC(C)CCCC(C)Nc1cccc([N+](=O)[O-])c1. The lowest BCUT2D eigenvalue weighted by Gasteiger charge is -2.15. The summed E-state index contributed by atoms with van der Waals surface area (Å²) in [7, 11) is 0. The van der Waals surface area contributed by atoms with E-state index in [0.29, 0.717) is 6.04 Å². The lowest BCUT2D eigenvalue weighted by Crippen LogP contribution is -2.15. The Morgan fingerprint density at radius 3 is 2.61 bits per heavy atom. The van der Waals surface area contributed by atoms with Crippen LogP contribution in [-0.4, -0.2) is 11.0 Å². The molecule has 0 bridgehead atoms. The van der Waals surface area contributed by atoms with Crippen molar-refractivity contribution in [3.05, 3.63) is 34.4 Å². The van der Waals surface area contributed by atoms with Crippen molar-refractivity contribution < 1.29 is 4.92 Å². The van der Waals surface area contributed by atoms with E-state index in [1.54, 1.807) is 12.1 Å². The van der Waals surface area contributed by atoms with Crippen LogP contribution in [0.4, 0.5) is 11.4 Å². The van der Waals surface area contributed by atoms with Gasteiger partial charge in [0.1, 0.15) is 0 Å². The van der Waals surface area contributed by atoms with Gasteiger partial charge in [-0.15, -0.1) is 0 Å². The average Bonchev–Trinajstić information content (AvgIpc) is 2.28. The van der Waals surface area contributed by atoms with Crippen molar-refractivity contribution in [2.24, 2.45) is 5.92 Å². The lowest BCUT2D eigenvalue weighted by molar-refractivity contribution is -0.384. The summed E-state index contributed by atoms with van der Waals surface area (Å²) in [6.07, 6.45) is 3.49. The Labute approximate surface area is 109 Å². The Balaban J connectivity index is 2.46. The minimum atomic E-state index is -0.366. The topological polar surface area (TPSA) is 55.2 Å². The van der Waals surface area contributed by atoms with Gasteiger partial charge in [-0.05, 0) is 25.3 Å². The number of nitro groups is 1. The van der Waals surface area contributed by atoms with Gasteiger partial charge in [0.2, 0.25) is 0 Å². The summed E-state index contributed by atoms with van der Waals surface area (Å²) < 4.78 is 0. The maximum atomic E-state index is 10.7. The average molecular weight is 250 g/mol. The Bertz CT molecular complexity index is 391. The highest BCUT2D eigenvalue weighted by Gasteiger charge is 2.07. The molecule has 4 nitrogen and oxygen atoms in total. The number of nitrogens with zero attached hydrogens (tertiary/aromatic N) is 1. The molecule has 1 aromatic carbocycles. The maximum absolute atomic E-state index is 10.7. The molecular formula is C14H22N2O2. The van der Waals surface area contributed by atoms with Crippen LogP contribution < -0.4 is 5.32 Å². The van der Waals surface area contributed by atoms with E-state index in [2.05, 4.69) is 26.1 Å². The fraction of sp³-hybridized carbons (Fsp3) is 0.571. The molecule has 0 aliphatic carbocycles. The molecule has 0 saturated carbocycles. The lowest BCUT2D eigenvalue weighted by atomic mass is 10.0. The molecule has 1 rings (SSSR count). The molecule has 0 heterocycles. The third-order valence-electron chi connectivity index (χ3n) is 2.89. The number of hydrogen-bond donors (Lipinski definition) is 1. The monoisotopic (exact) mass is 250 g/mol. The second-order valence-corrected chi connectivity index (χ2v) is 5.18. The van der Waals surface area contributed by atoms with Gasteiger partial charge in [-0.3, -0.25) is 10.1 Å². The zero-order chi connectivity index (χ0) is 13.5. The zero-order valence-corrected chi connectivity index (χ0v) is 11.3. The minimum Gasteiger partial charge on any atom is -0.382 e. The highest BCUT2D eigenvalue weighted by Crippen LogP contribution is 2.19. The summed E-state index contributed by atoms with van der Waals surface area (Å²) >= 11 is 0. The molecule has 0 aliphatic rings. The van der Waals surface area contributed by atoms with Gasteiger partial charge >= 0.3 is 0 Å². The standard InChI is InChI=1S/C14H22N2O2/c1-11(2)6-4-7-12(3)15-13-8-5-9-14(10-13)16(17)18/h5,8-12,15H,4,6-7H2,1-3H3. The molecule has 4 heteroatoms. The van der Waals surface area contributed by atoms with Crippen LogP contribution in [0.25, 0.3) is 0 Å². The third-order valence-corrected chi connectivity index (χ3v) is 2.89. The first-order valence-corrected chi connectivity index (χ1v) is 6.50. The van der Waals surface area contributed by atoms with Gasteiger partial charge in [-0.2, -0.15) is 0 Å². The molecule has 0 fully saturated rings. The van der Waals surface area contributed by atoms with Gasteiger partial charge in [-0.25, -0.2) is 0 Å². The number of rotatable bonds is 7. The molecule has 1 unspecified atom stereocenters. The summed E-state index contributed by atoms with van der Waals surface area (Å²) in [5, 5.41) is 14.0. The Kier molecular flexibility index (Phi) is 5.62. The number of nitrogens with one attached hydrogen (secondary N) is 1. The van der Waals surface area contributed by atoms with E-state index in [0.717, 1.165) is 18.0 Å². The summed E-state index contributed by atoms with van der Waals surface area (Å²) in [4.78, 5) is 10.3. The third kappa shape index (κ3) is 5.17. The second kappa shape index (κ2) is 6.99. The van der Waals surface area contributed by atoms with Crippen LogP contribution in [0.1, 0.15) is 40.0 Å². The second-order valence-electron chi connectivity index (χ2n) is 5.18. The van der Waals surface area contributed by atoms with Crippen LogP contribution in [0.15, 0.2) is 24.3 Å². The fourth-order valence-electron chi connectivity index (χ4n) is 1.90. The van der Waals surface area contributed by atoms with Crippen molar-refractivity contribution in [3.63, 3.8) is 0 Å². The Morgan fingerprint density at radius 1 is 1.28 bits per heavy atom. The van der Waals surface area contributed by atoms with E-state index in [-0.39, 0.29) is 10.6 Å². The predicted octanol–water partition coefficient (Wildman–Crippen LogP) is 4.22. The van der Waals surface area contributed by atoms with Crippen LogP contribution in [0, 0.1) is 16.0 Å². The van der Waals surface area contributed by atoms with Gasteiger partial charge in [0, 0.05) is 23.9 Å². The maximum Gasteiger partial charge on any atom is 0.271 e. The van der Waals surface area contributed by atoms with Crippen LogP contribution in [-0.2, 0) is 0 Å². The molecule has 0 spiro atoms. The molecule has 1 aromatic rings.